The average Bonchev–Trinajstić information content (AvgIpc) is 2.29. The lowest BCUT2D eigenvalue weighted by Gasteiger charge is -2.08. The van der Waals surface area contributed by atoms with Crippen molar-refractivity contribution < 1.29 is 19.1 Å². The van der Waals surface area contributed by atoms with Crippen molar-refractivity contribution in [1.29, 1.82) is 0 Å². The Balaban J connectivity index is 3.17. The quantitative estimate of drug-likeness (QED) is 0.773. The largest absolute Gasteiger partial charge is 0.462 e. The summed E-state index contributed by atoms with van der Waals surface area (Å²) >= 11 is 5.83. The average molecular weight is 258 g/mol. The van der Waals surface area contributed by atoms with E-state index < -0.39 is 11.9 Å². The topological polar surface area (TPSA) is 65.5 Å². The van der Waals surface area contributed by atoms with Crippen LogP contribution in [-0.4, -0.2) is 30.1 Å². The summed E-state index contributed by atoms with van der Waals surface area (Å²) in [5.41, 5.74) is -0.000216. The molecule has 0 amide bonds. The van der Waals surface area contributed by atoms with Crippen LogP contribution in [0.3, 0.4) is 0 Å². The van der Waals surface area contributed by atoms with Gasteiger partial charge < -0.3 is 9.47 Å². The van der Waals surface area contributed by atoms with Gasteiger partial charge in [0.2, 0.25) is 0 Å². The van der Waals surface area contributed by atoms with Gasteiger partial charge in [0, 0.05) is 12.4 Å². The summed E-state index contributed by atoms with van der Waals surface area (Å²) in [5, 5.41) is 0.0639. The van der Waals surface area contributed by atoms with E-state index in [1.807, 2.05) is 0 Å². The number of ether oxygens (including phenoxy) is 2. The molecule has 1 aromatic rings. The third-order valence-corrected chi connectivity index (χ3v) is 2.16. The molecule has 6 heteroatoms. The Morgan fingerprint density at radius 1 is 1.18 bits per heavy atom. The number of aromatic nitrogens is 1. The second kappa shape index (κ2) is 6.20. The minimum Gasteiger partial charge on any atom is -0.462 e. The Morgan fingerprint density at radius 2 is 1.76 bits per heavy atom. The molecule has 17 heavy (non-hydrogen) atoms. The number of halogens is 1. The molecule has 5 nitrogen and oxygen atoms in total. The van der Waals surface area contributed by atoms with E-state index >= 15 is 0 Å². The van der Waals surface area contributed by atoms with Gasteiger partial charge >= 0.3 is 11.9 Å². The van der Waals surface area contributed by atoms with Crippen molar-refractivity contribution in [2.45, 2.75) is 13.8 Å². The summed E-state index contributed by atoms with van der Waals surface area (Å²) in [7, 11) is 0. The molecule has 0 unspecified atom stereocenters. The van der Waals surface area contributed by atoms with E-state index in [1.54, 1.807) is 13.8 Å². The van der Waals surface area contributed by atoms with E-state index in [-0.39, 0.29) is 29.4 Å². The van der Waals surface area contributed by atoms with E-state index in [2.05, 4.69) is 4.98 Å². The Morgan fingerprint density at radius 3 is 2.35 bits per heavy atom. The summed E-state index contributed by atoms with van der Waals surface area (Å²) in [5.74, 6) is -1.31. The van der Waals surface area contributed by atoms with Crippen LogP contribution in [0.2, 0.25) is 5.02 Å². The lowest BCUT2D eigenvalue weighted by Crippen LogP contribution is -2.15. The van der Waals surface area contributed by atoms with Gasteiger partial charge in [0.25, 0.3) is 0 Å². The van der Waals surface area contributed by atoms with Gasteiger partial charge in [-0.1, -0.05) is 11.6 Å². The Labute approximate surface area is 104 Å². The van der Waals surface area contributed by atoms with Crippen LogP contribution in [0.5, 0.6) is 0 Å². The van der Waals surface area contributed by atoms with Gasteiger partial charge in [-0.25, -0.2) is 9.59 Å². The van der Waals surface area contributed by atoms with Crippen molar-refractivity contribution in [2.24, 2.45) is 0 Å². The first-order chi connectivity index (χ1) is 8.11. The van der Waals surface area contributed by atoms with E-state index in [4.69, 9.17) is 21.1 Å². The maximum atomic E-state index is 11.7. The number of carbonyl (C=O) groups excluding carboxylic acids is 2. The minimum absolute atomic E-state index is 0.0119. The van der Waals surface area contributed by atoms with Gasteiger partial charge in [-0.15, -0.1) is 0 Å². The van der Waals surface area contributed by atoms with Crippen LogP contribution >= 0.6 is 11.6 Å². The number of pyridine rings is 1. The van der Waals surface area contributed by atoms with Gasteiger partial charge in [-0.3, -0.25) is 4.98 Å². The molecule has 0 aliphatic carbocycles. The maximum Gasteiger partial charge on any atom is 0.340 e. The van der Waals surface area contributed by atoms with Gasteiger partial charge in [0.1, 0.15) is 0 Å². The van der Waals surface area contributed by atoms with Gasteiger partial charge in [0.15, 0.2) is 0 Å². The number of hydrogen-bond donors (Lipinski definition) is 0. The van der Waals surface area contributed by atoms with E-state index in [1.165, 1.54) is 12.4 Å². The smallest absolute Gasteiger partial charge is 0.340 e. The first-order valence-electron chi connectivity index (χ1n) is 5.09. The standard InChI is InChI=1S/C11H12ClNO4/c1-3-16-10(14)7-5-13-6-8(12)9(7)11(15)17-4-2/h5-6H,3-4H2,1-2H3. The molecule has 0 radical (unpaired) electrons. The molecule has 0 bridgehead atoms. The van der Waals surface area contributed by atoms with Gasteiger partial charge in [0.05, 0.1) is 29.4 Å². The third kappa shape index (κ3) is 3.17. The molecule has 92 valence electrons. The van der Waals surface area contributed by atoms with E-state index in [9.17, 15) is 9.59 Å². The Hall–Kier alpha value is -1.62. The van der Waals surface area contributed by atoms with Crippen molar-refractivity contribution in [1.82, 2.24) is 4.98 Å². The maximum absolute atomic E-state index is 11.7. The molecular formula is C11H12ClNO4. The predicted octanol–water partition coefficient (Wildman–Crippen LogP) is 2.09. The first-order valence-corrected chi connectivity index (χ1v) is 5.47. The molecule has 1 heterocycles. The van der Waals surface area contributed by atoms with Crippen molar-refractivity contribution in [3.63, 3.8) is 0 Å². The molecule has 0 aliphatic heterocycles. The number of esters is 2. The predicted molar refractivity (Wildman–Crippen MR) is 61.2 cm³/mol. The van der Waals surface area contributed by atoms with Crippen LogP contribution in [0.1, 0.15) is 34.6 Å². The molecule has 0 fully saturated rings. The molecule has 0 spiro atoms. The SMILES string of the molecule is CCOC(=O)c1cncc(Cl)c1C(=O)OCC. The summed E-state index contributed by atoms with van der Waals surface area (Å²) in [4.78, 5) is 27.0. The second-order valence-electron chi connectivity index (χ2n) is 2.98. The van der Waals surface area contributed by atoms with Crippen LogP contribution in [0.15, 0.2) is 12.4 Å². The van der Waals surface area contributed by atoms with Gasteiger partial charge in [-0.05, 0) is 13.8 Å². The normalized spacial score (nSPS) is 9.82. The van der Waals surface area contributed by atoms with Gasteiger partial charge in [-0.2, -0.15) is 0 Å². The minimum atomic E-state index is -0.664. The van der Waals surface area contributed by atoms with Crippen molar-refractivity contribution in [2.75, 3.05) is 13.2 Å². The molecule has 0 saturated heterocycles. The Kier molecular flexibility index (Phi) is 4.90. The Bertz CT molecular complexity index is 433. The van der Waals surface area contributed by atoms with Crippen molar-refractivity contribution >= 4 is 23.5 Å². The zero-order valence-corrected chi connectivity index (χ0v) is 10.3. The molecule has 0 atom stereocenters. The fourth-order valence-corrected chi connectivity index (χ4v) is 1.44. The number of carbonyl (C=O) groups is 2. The highest BCUT2D eigenvalue weighted by atomic mass is 35.5. The molecule has 0 saturated carbocycles. The molecule has 0 aliphatic rings. The van der Waals surface area contributed by atoms with Crippen molar-refractivity contribution in [3.8, 4) is 0 Å². The lowest BCUT2D eigenvalue weighted by atomic mass is 10.1. The molecule has 0 aromatic carbocycles. The number of hydrogen-bond acceptors (Lipinski definition) is 5. The summed E-state index contributed by atoms with van der Waals surface area (Å²) in [6, 6.07) is 0. The summed E-state index contributed by atoms with van der Waals surface area (Å²) in [6.07, 6.45) is 2.51. The molecule has 1 rings (SSSR count). The molecule has 1 aromatic heterocycles. The highest BCUT2D eigenvalue weighted by Crippen LogP contribution is 2.20. The molecular weight excluding hydrogens is 246 g/mol. The molecule has 0 N–H and O–H groups in total. The van der Waals surface area contributed by atoms with E-state index in [0.29, 0.717) is 0 Å². The van der Waals surface area contributed by atoms with Crippen LogP contribution in [0.4, 0.5) is 0 Å². The summed E-state index contributed by atoms with van der Waals surface area (Å²) in [6.45, 7) is 3.73. The second-order valence-corrected chi connectivity index (χ2v) is 3.39. The first kappa shape index (κ1) is 13.4. The third-order valence-electron chi connectivity index (χ3n) is 1.87. The highest BCUT2D eigenvalue weighted by Gasteiger charge is 2.22. The number of rotatable bonds is 4. The zero-order chi connectivity index (χ0) is 12.8. The fraction of sp³-hybridized carbons (Fsp3) is 0.364. The van der Waals surface area contributed by atoms with Crippen molar-refractivity contribution in [3.05, 3.63) is 28.5 Å². The highest BCUT2D eigenvalue weighted by molar-refractivity contribution is 6.34. The fourth-order valence-electron chi connectivity index (χ4n) is 1.21. The zero-order valence-electron chi connectivity index (χ0n) is 9.53. The number of nitrogens with zero attached hydrogens (tertiary/aromatic N) is 1. The van der Waals surface area contributed by atoms with Crippen LogP contribution < -0.4 is 0 Å². The van der Waals surface area contributed by atoms with E-state index in [0.717, 1.165) is 0 Å². The lowest BCUT2D eigenvalue weighted by molar-refractivity contribution is 0.0478. The van der Waals surface area contributed by atoms with Crippen LogP contribution in [0.25, 0.3) is 0 Å². The summed E-state index contributed by atoms with van der Waals surface area (Å²) < 4.78 is 9.63. The van der Waals surface area contributed by atoms with Crippen LogP contribution in [0, 0.1) is 0 Å². The van der Waals surface area contributed by atoms with Crippen LogP contribution in [-0.2, 0) is 9.47 Å². The monoisotopic (exact) mass is 257 g/mol.